The Morgan fingerprint density at radius 3 is 2.69 bits per heavy atom. The zero-order chi connectivity index (χ0) is 21.9. The maximum absolute atomic E-state index is 12.9. The highest BCUT2D eigenvalue weighted by atomic mass is 32.1. The Morgan fingerprint density at radius 1 is 1.03 bits per heavy atom. The van der Waals surface area contributed by atoms with Gasteiger partial charge in [-0.1, -0.05) is 48.5 Å². The summed E-state index contributed by atoms with van der Waals surface area (Å²) >= 11 is 1.14. The second-order valence-electron chi connectivity index (χ2n) is 7.18. The quantitative estimate of drug-likeness (QED) is 0.401. The predicted molar refractivity (Wildman–Crippen MR) is 124 cm³/mol. The lowest BCUT2D eigenvalue weighted by atomic mass is 10.2. The molecule has 2 aromatic carbocycles. The molecule has 0 aliphatic rings. The lowest BCUT2D eigenvalue weighted by molar-refractivity contribution is 0.102. The SMILES string of the molecule is Cc1cccn2cc(COc3ccccc3C(=O)Nc3nc(-c4ccccc4)ns3)nc12. The molecule has 0 aliphatic heterocycles. The number of imidazole rings is 1. The summed E-state index contributed by atoms with van der Waals surface area (Å²) < 4.78 is 12.3. The molecule has 5 rings (SSSR count). The number of nitrogens with one attached hydrogen (secondary N) is 1. The van der Waals surface area contributed by atoms with Gasteiger partial charge in [0.2, 0.25) is 5.13 Å². The Hall–Kier alpha value is -4.04. The number of anilines is 1. The first-order chi connectivity index (χ1) is 15.7. The van der Waals surface area contributed by atoms with Crippen LogP contribution in [-0.4, -0.2) is 24.6 Å². The van der Waals surface area contributed by atoms with Crippen molar-refractivity contribution in [1.82, 2.24) is 18.7 Å². The van der Waals surface area contributed by atoms with E-state index in [1.807, 2.05) is 72.2 Å². The number of carbonyl (C=O) groups excluding carboxylic acids is 1. The normalized spacial score (nSPS) is 10.9. The van der Waals surface area contributed by atoms with E-state index in [1.165, 1.54) is 0 Å². The van der Waals surface area contributed by atoms with E-state index in [1.54, 1.807) is 18.2 Å². The van der Waals surface area contributed by atoms with Gasteiger partial charge in [0.25, 0.3) is 5.91 Å². The molecule has 0 bridgehead atoms. The fourth-order valence-electron chi connectivity index (χ4n) is 3.35. The summed E-state index contributed by atoms with van der Waals surface area (Å²) in [5.41, 5.74) is 4.08. The minimum atomic E-state index is -0.304. The summed E-state index contributed by atoms with van der Waals surface area (Å²) in [5.74, 6) is 0.756. The molecule has 158 valence electrons. The Balaban J connectivity index is 1.31. The van der Waals surface area contributed by atoms with Crippen LogP contribution in [0.25, 0.3) is 17.0 Å². The van der Waals surface area contributed by atoms with Crippen molar-refractivity contribution in [3.8, 4) is 17.1 Å². The largest absolute Gasteiger partial charge is 0.486 e. The van der Waals surface area contributed by atoms with Crippen molar-refractivity contribution in [1.29, 1.82) is 0 Å². The van der Waals surface area contributed by atoms with Crippen LogP contribution in [0, 0.1) is 6.92 Å². The minimum absolute atomic E-state index is 0.252. The monoisotopic (exact) mass is 441 g/mol. The van der Waals surface area contributed by atoms with Gasteiger partial charge in [0.15, 0.2) is 5.82 Å². The molecule has 5 aromatic rings. The number of hydrogen-bond acceptors (Lipinski definition) is 6. The third kappa shape index (κ3) is 4.08. The molecule has 1 N–H and O–H groups in total. The Bertz CT molecular complexity index is 1390. The number of rotatable bonds is 6. The zero-order valence-corrected chi connectivity index (χ0v) is 18.0. The molecule has 3 aromatic heterocycles. The van der Waals surface area contributed by atoms with E-state index < -0.39 is 0 Å². The summed E-state index contributed by atoms with van der Waals surface area (Å²) in [4.78, 5) is 22.0. The summed E-state index contributed by atoms with van der Waals surface area (Å²) in [6.45, 7) is 2.27. The van der Waals surface area contributed by atoms with E-state index in [9.17, 15) is 4.79 Å². The van der Waals surface area contributed by atoms with Gasteiger partial charge in [0.05, 0.1) is 11.3 Å². The van der Waals surface area contributed by atoms with Gasteiger partial charge in [0.1, 0.15) is 18.0 Å². The lowest BCUT2D eigenvalue weighted by Crippen LogP contribution is -2.13. The molecular formula is C24H19N5O2S. The van der Waals surface area contributed by atoms with E-state index in [2.05, 4.69) is 19.7 Å². The molecular weight excluding hydrogens is 422 g/mol. The Morgan fingerprint density at radius 2 is 1.84 bits per heavy atom. The number of nitrogens with zero attached hydrogens (tertiary/aromatic N) is 4. The molecule has 0 radical (unpaired) electrons. The number of aryl methyl sites for hydroxylation is 1. The molecule has 7 nitrogen and oxygen atoms in total. The third-order valence-electron chi connectivity index (χ3n) is 4.91. The van der Waals surface area contributed by atoms with E-state index >= 15 is 0 Å². The van der Waals surface area contributed by atoms with Crippen LogP contribution in [-0.2, 0) is 6.61 Å². The average Bonchev–Trinajstić information content (AvgIpc) is 3.46. The van der Waals surface area contributed by atoms with Crippen LogP contribution in [0.3, 0.4) is 0 Å². The maximum Gasteiger partial charge on any atom is 0.261 e. The molecule has 0 aliphatic carbocycles. The minimum Gasteiger partial charge on any atom is -0.486 e. The highest BCUT2D eigenvalue weighted by Gasteiger charge is 2.16. The van der Waals surface area contributed by atoms with Crippen molar-refractivity contribution in [2.75, 3.05) is 5.32 Å². The molecule has 0 fully saturated rings. The van der Waals surface area contributed by atoms with Gasteiger partial charge in [0, 0.05) is 29.5 Å². The molecule has 0 atom stereocenters. The van der Waals surface area contributed by atoms with E-state index in [-0.39, 0.29) is 12.5 Å². The van der Waals surface area contributed by atoms with Crippen LogP contribution in [0.1, 0.15) is 21.6 Å². The number of amides is 1. The van der Waals surface area contributed by atoms with E-state index in [4.69, 9.17) is 4.74 Å². The van der Waals surface area contributed by atoms with Gasteiger partial charge in [-0.3, -0.25) is 10.1 Å². The van der Waals surface area contributed by atoms with Crippen molar-refractivity contribution in [2.24, 2.45) is 0 Å². The number of ether oxygens (including phenoxy) is 1. The predicted octanol–water partition coefficient (Wildman–Crippen LogP) is 4.99. The smallest absolute Gasteiger partial charge is 0.261 e. The van der Waals surface area contributed by atoms with Crippen LogP contribution in [0.5, 0.6) is 5.75 Å². The van der Waals surface area contributed by atoms with Gasteiger partial charge >= 0.3 is 0 Å². The van der Waals surface area contributed by atoms with Gasteiger partial charge in [-0.15, -0.1) is 0 Å². The van der Waals surface area contributed by atoms with Crippen LogP contribution >= 0.6 is 11.5 Å². The molecule has 32 heavy (non-hydrogen) atoms. The number of aromatic nitrogens is 4. The molecule has 1 amide bonds. The van der Waals surface area contributed by atoms with Crippen LogP contribution < -0.4 is 10.1 Å². The summed E-state index contributed by atoms with van der Waals surface area (Å²) in [6.07, 6.45) is 3.88. The van der Waals surface area contributed by atoms with Crippen molar-refractivity contribution in [3.05, 3.63) is 95.9 Å². The fourth-order valence-corrected chi connectivity index (χ4v) is 3.93. The van der Waals surface area contributed by atoms with Gasteiger partial charge in [-0.25, -0.2) is 4.98 Å². The number of hydrogen-bond donors (Lipinski definition) is 1. The van der Waals surface area contributed by atoms with Gasteiger partial charge < -0.3 is 9.14 Å². The molecule has 0 saturated heterocycles. The number of benzene rings is 2. The molecule has 0 unspecified atom stereocenters. The number of fused-ring (bicyclic) bond motifs is 1. The van der Waals surface area contributed by atoms with Gasteiger partial charge in [-0.2, -0.15) is 9.36 Å². The van der Waals surface area contributed by atoms with Crippen LogP contribution in [0.4, 0.5) is 5.13 Å². The molecule has 3 heterocycles. The molecule has 0 saturated carbocycles. The highest BCUT2D eigenvalue weighted by molar-refractivity contribution is 7.10. The maximum atomic E-state index is 12.9. The molecule has 0 spiro atoms. The van der Waals surface area contributed by atoms with Gasteiger partial charge in [-0.05, 0) is 30.7 Å². The zero-order valence-electron chi connectivity index (χ0n) is 17.2. The number of pyridine rings is 1. The van der Waals surface area contributed by atoms with Crippen LogP contribution in [0.2, 0.25) is 0 Å². The standard InChI is InChI=1S/C24H19N5O2S/c1-16-8-7-13-29-14-18(25-22(16)29)15-31-20-12-6-5-11-19(20)23(30)27-24-26-21(28-32-24)17-9-3-2-4-10-17/h2-14H,15H2,1H3,(H,26,27,28,30). The first kappa shape index (κ1) is 19.9. The summed E-state index contributed by atoms with van der Waals surface area (Å²) in [5, 5.41) is 3.25. The number of para-hydroxylation sites is 1. The Labute approximate surface area is 188 Å². The lowest BCUT2D eigenvalue weighted by Gasteiger charge is -2.09. The first-order valence-corrected chi connectivity index (χ1v) is 10.8. The average molecular weight is 442 g/mol. The van der Waals surface area contributed by atoms with Crippen molar-refractivity contribution >= 4 is 28.2 Å². The van der Waals surface area contributed by atoms with E-state index in [0.29, 0.717) is 22.3 Å². The van der Waals surface area contributed by atoms with Crippen molar-refractivity contribution < 1.29 is 9.53 Å². The fraction of sp³-hybridized carbons (Fsp3) is 0.0833. The van der Waals surface area contributed by atoms with Crippen molar-refractivity contribution in [2.45, 2.75) is 13.5 Å². The number of carbonyl (C=O) groups is 1. The second-order valence-corrected chi connectivity index (χ2v) is 7.93. The topological polar surface area (TPSA) is 81.4 Å². The summed E-state index contributed by atoms with van der Waals surface area (Å²) in [6, 6.07) is 20.7. The highest BCUT2D eigenvalue weighted by Crippen LogP contribution is 2.24. The Kier molecular flexibility index (Phi) is 5.35. The molecule has 8 heteroatoms. The van der Waals surface area contributed by atoms with Crippen molar-refractivity contribution in [3.63, 3.8) is 0 Å². The third-order valence-corrected chi connectivity index (χ3v) is 5.54. The van der Waals surface area contributed by atoms with Crippen LogP contribution in [0.15, 0.2) is 79.1 Å². The summed E-state index contributed by atoms with van der Waals surface area (Å²) in [7, 11) is 0. The second kappa shape index (κ2) is 8.60. The first-order valence-electron chi connectivity index (χ1n) is 10.0. The van der Waals surface area contributed by atoms with E-state index in [0.717, 1.165) is 34.0 Å².